The number of hydrogen-bond donors (Lipinski definition) is 3. The maximum Gasteiger partial charge on any atom is 0.249 e. The highest BCUT2D eigenvalue weighted by Crippen LogP contribution is 2.19. The van der Waals surface area contributed by atoms with Gasteiger partial charge >= 0.3 is 0 Å². The zero-order valence-electron chi connectivity index (χ0n) is 10.5. The number of carbonyl (C=O) groups is 1. The number of nitrogens with zero attached hydrogens (tertiary/aromatic N) is 1. The second kappa shape index (κ2) is 5.86. The summed E-state index contributed by atoms with van der Waals surface area (Å²) in [5.74, 6) is -0.132. The van der Waals surface area contributed by atoms with Crippen LogP contribution in [0, 0.1) is 5.92 Å². The van der Waals surface area contributed by atoms with Crippen LogP contribution in [-0.2, 0) is 9.53 Å². The largest absolute Gasteiger partial charge is 0.409 e. The Balaban J connectivity index is 2.58. The molecule has 1 heterocycles. The van der Waals surface area contributed by atoms with Crippen LogP contribution in [0.25, 0.3) is 0 Å². The minimum absolute atomic E-state index is 0.0133. The lowest BCUT2D eigenvalue weighted by Crippen LogP contribution is -2.50. The first-order valence-electron chi connectivity index (χ1n) is 5.89. The van der Waals surface area contributed by atoms with Crippen molar-refractivity contribution in [1.29, 1.82) is 0 Å². The van der Waals surface area contributed by atoms with Crippen molar-refractivity contribution in [2.75, 3.05) is 0 Å². The van der Waals surface area contributed by atoms with E-state index in [-0.39, 0.29) is 23.8 Å². The molecule has 3 atom stereocenters. The van der Waals surface area contributed by atoms with E-state index in [1.54, 1.807) is 0 Å². The standard InChI is InChI=1S/C11H21N3O3/c1-6(2)9(10(12)14-16)13-11(15)8-5-4-7(3)17-8/h6-9,16H,4-5H2,1-3H3,(H2,12,14)(H,13,15). The van der Waals surface area contributed by atoms with E-state index in [0.717, 1.165) is 6.42 Å². The van der Waals surface area contributed by atoms with Crippen LogP contribution in [0.2, 0.25) is 0 Å². The average Bonchev–Trinajstić information content (AvgIpc) is 2.71. The van der Waals surface area contributed by atoms with Crippen molar-refractivity contribution < 1.29 is 14.7 Å². The van der Waals surface area contributed by atoms with Crippen LogP contribution >= 0.6 is 0 Å². The van der Waals surface area contributed by atoms with Gasteiger partial charge in [-0.15, -0.1) is 0 Å². The van der Waals surface area contributed by atoms with E-state index in [1.807, 2.05) is 20.8 Å². The van der Waals surface area contributed by atoms with Crippen molar-refractivity contribution in [1.82, 2.24) is 5.32 Å². The highest BCUT2D eigenvalue weighted by atomic mass is 16.5. The molecule has 1 rings (SSSR count). The fraction of sp³-hybridized carbons (Fsp3) is 0.818. The molecule has 1 amide bonds. The summed E-state index contributed by atoms with van der Waals surface area (Å²) in [5.41, 5.74) is 5.54. The molecule has 0 aromatic carbocycles. The average molecular weight is 243 g/mol. The van der Waals surface area contributed by atoms with Gasteiger partial charge in [-0.1, -0.05) is 19.0 Å². The molecule has 0 aromatic rings. The molecule has 1 aliphatic rings. The van der Waals surface area contributed by atoms with Crippen LogP contribution in [0.15, 0.2) is 5.16 Å². The molecule has 0 saturated carbocycles. The van der Waals surface area contributed by atoms with Crippen molar-refractivity contribution >= 4 is 11.7 Å². The van der Waals surface area contributed by atoms with Gasteiger partial charge in [-0.05, 0) is 25.7 Å². The lowest BCUT2D eigenvalue weighted by atomic mass is 10.0. The monoisotopic (exact) mass is 243 g/mol. The third-order valence-electron chi connectivity index (χ3n) is 2.92. The van der Waals surface area contributed by atoms with Crippen molar-refractivity contribution in [3.8, 4) is 0 Å². The zero-order chi connectivity index (χ0) is 13.0. The number of hydrogen-bond acceptors (Lipinski definition) is 4. The number of amidine groups is 1. The van der Waals surface area contributed by atoms with Gasteiger partial charge in [0.15, 0.2) is 5.84 Å². The molecule has 1 aliphatic heterocycles. The summed E-state index contributed by atoms with van der Waals surface area (Å²) in [5, 5.41) is 14.3. The Morgan fingerprint density at radius 1 is 1.53 bits per heavy atom. The summed E-state index contributed by atoms with van der Waals surface area (Å²) >= 11 is 0. The summed E-state index contributed by atoms with van der Waals surface area (Å²) in [7, 11) is 0. The SMILES string of the molecule is CC1CCC(C(=O)NC(C(N)=NO)C(C)C)O1. The lowest BCUT2D eigenvalue weighted by Gasteiger charge is -2.22. The normalized spacial score (nSPS) is 27.2. The Hall–Kier alpha value is -1.30. The molecule has 4 N–H and O–H groups in total. The molecule has 1 saturated heterocycles. The first-order chi connectivity index (χ1) is 7.95. The van der Waals surface area contributed by atoms with E-state index in [0.29, 0.717) is 6.42 Å². The van der Waals surface area contributed by atoms with E-state index >= 15 is 0 Å². The molecule has 0 radical (unpaired) electrons. The first kappa shape index (κ1) is 13.8. The molecular formula is C11H21N3O3. The Morgan fingerprint density at radius 3 is 2.59 bits per heavy atom. The quantitative estimate of drug-likeness (QED) is 0.289. The van der Waals surface area contributed by atoms with Crippen LogP contribution in [0.1, 0.15) is 33.6 Å². The number of ether oxygens (including phenoxy) is 1. The van der Waals surface area contributed by atoms with Crippen molar-refractivity contribution in [2.24, 2.45) is 16.8 Å². The molecule has 0 bridgehead atoms. The van der Waals surface area contributed by atoms with Crippen molar-refractivity contribution in [2.45, 2.75) is 51.9 Å². The zero-order valence-corrected chi connectivity index (χ0v) is 10.5. The smallest absolute Gasteiger partial charge is 0.249 e. The van der Waals surface area contributed by atoms with Crippen molar-refractivity contribution in [3.63, 3.8) is 0 Å². The molecular weight excluding hydrogens is 222 g/mol. The maximum absolute atomic E-state index is 11.9. The van der Waals surface area contributed by atoms with Gasteiger partial charge < -0.3 is 21.0 Å². The summed E-state index contributed by atoms with van der Waals surface area (Å²) < 4.78 is 5.46. The van der Waals surface area contributed by atoms with Gasteiger partial charge in [0, 0.05) is 0 Å². The fourth-order valence-electron chi connectivity index (χ4n) is 1.89. The molecule has 0 aliphatic carbocycles. The van der Waals surface area contributed by atoms with E-state index in [2.05, 4.69) is 10.5 Å². The number of amides is 1. The summed E-state index contributed by atoms with van der Waals surface area (Å²) in [4.78, 5) is 11.9. The predicted molar refractivity (Wildman–Crippen MR) is 63.7 cm³/mol. The van der Waals surface area contributed by atoms with Crippen LogP contribution in [0.5, 0.6) is 0 Å². The van der Waals surface area contributed by atoms with E-state index in [9.17, 15) is 4.79 Å². The van der Waals surface area contributed by atoms with Gasteiger partial charge in [0.1, 0.15) is 6.10 Å². The first-order valence-corrected chi connectivity index (χ1v) is 5.89. The van der Waals surface area contributed by atoms with E-state index in [4.69, 9.17) is 15.7 Å². The third kappa shape index (κ3) is 3.59. The second-order valence-corrected chi connectivity index (χ2v) is 4.77. The minimum Gasteiger partial charge on any atom is -0.409 e. The molecule has 0 aromatic heterocycles. The van der Waals surface area contributed by atoms with E-state index in [1.165, 1.54) is 0 Å². The third-order valence-corrected chi connectivity index (χ3v) is 2.92. The molecule has 98 valence electrons. The van der Waals surface area contributed by atoms with Gasteiger partial charge in [0.05, 0.1) is 12.1 Å². The molecule has 1 fully saturated rings. The van der Waals surface area contributed by atoms with Crippen LogP contribution < -0.4 is 11.1 Å². The molecule has 17 heavy (non-hydrogen) atoms. The summed E-state index contributed by atoms with van der Waals surface area (Å²) in [6.45, 7) is 5.72. The highest BCUT2D eigenvalue weighted by molar-refractivity contribution is 5.91. The van der Waals surface area contributed by atoms with Gasteiger partial charge in [-0.2, -0.15) is 0 Å². The van der Waals surface area contributed by atoms with Crippen molar-refractivity contribution in [3.05, 3.63) is 0 Å². The number of oxime groups is 1. The number of nitrogens with one attached hydrogen (secondary N) is 1. The van der Waals surface area contributed by atoms with Gasteiger partial charge in [0.2, 0.25) is 5.91 Å². The lowest BCUT2D eigenvalue weighted by molar-refractivity contribution is -0.132. The molecule has 3 unspecified atom stereocenters. The Morgan fingerprint density at radius 2 is 2.18 bits per heavy atom. The van der Waals surface area contributed by atoms with Crippen LogP contribution in [0.3, 0.4) is 0 Å². The Bertz CT molecular complexity index is 304. The predicted octanol–water partition coefficient (Wildman–Crippen LogP) is 0.441. The molecule has 6 nitrogen and oxygen atoms in total. The van der Waals surface area contributed by atoms with Gasteiger partial charge in [0.25, 0.3) is 0 Å². The van der Waals surface area contributed by atoms with Gasteiger partial charge in [-0.25, -0.2) is 0 Å². The van der Waals surface area contributed by atoms with Crippen LogP contribution in [0.4, 0.5) is 0 Å². The number of carbonyl (C=O) groups excluding carboxylic acids is 1. The second-order valence-electron chi connectivity index (χ2n) is 4.77. The fourth-order valence-corrected chi connectivity index (χ4v) is 1.89. The Kier molecular flexibility index (Phi) is 4.74. The number of rotatable bonds is 4. The van der Waals surface area contributed by atoms with E-state index < -0.39 is 12.1 Å². The topological polar surface area (TPSA) is 96.9 Å². The molecule has 6 heteroatoms. The highest BCUT2D eigenvalue weighted by Gasteiger charge is 2.31. The minimum atomic E-state index is -0.466. The number of nitrogens with two attached hydrogens (primary N) is 1. The summed E-state index contributed by atoms with van der Waals surface area (Å²) in [6.07, 6.45) is 1.30. The summed E-state index contributed by atoms with van der Waals surface area (Å²) in [6, 6.07) is -0.466. The van der Waals surface area contributed by atoms with Gasteiger partial charge in [-0.3, -0.25) is 4.79 Å². The molecule has 0 spiro atoms. The van der Waals surface area contributed by atoms with Crippen LogP contribution in [-0.4, -0.2) is 35.2 Å². The Labute approximate surface area is 101 Å². The maximum atomic E-state index is 11.9.